The second-order valence-electron chi connectivity index (χ2n) is 16.6. The molecule has 2 bridgehead atoms. The van der Waals surface area contributed by atoms with Crippen LogP contribution >= 0.6 is 0 Å². The van der Waals surface area contributed by atoms with E-state index in [2.05, 4.69) is 15.2 Å². The predicted octanol–water partition coefficient (Wildman–Crippen LogP) is 5.05. The number of amides is 1. The molecule has 4 aromatic carbocycles. The lowest BCUT2D eigenvalue weighted by molar-refractivity contribution is -0.167. The van der Waals surface area contributed by atoms with E-state index in [0.29, 0.717) is 67.9 Å². The number of aromatic hydroxyl groups is 1. The van der Waals surface area contributed by atoms with Crippen LogP contribution in [0.1, 0.15) is 70.0 Å². The summed E-state index contributed by atoms with van der Waals surface area (Å²) in [7, 11) is 0. The van der Waals surface area contributed by atoms with Gasteiger partial charge in [-0.2, -0.15) is 4.31 Å². The van der Waals surface area contributed by atoms with Crippen molar-refractivity contribution in [2.45, 2.75) is 62.8 Å². The molecule has 4 saturated heterocycles. The third kappa shape index (κ3) is 9.65. The summed E-state index contributed by atoms with van der Waals surface area (Å²) in [6.07, 6.45) is 2.67. The largest absolute Gasteiger partial charge is 0.506 e. The number of carbonyl (C=O) groups is 2. The summed E-state index contributed by atoms with van der Waals surface area (Å²) in [5, 5.41) is 24.8. The van der Waals surface area contributed by atoms with Gasteiger partial charge in [0.05, 0.1) is 17.0 Å². The molecule has 5 aromatic rings. The Morgan fingerprint density at radius 2 is 1.57 bits per heavy atom. The number of likely N-dealkylation sites (tertiary alicyclic amines) is 1. The number of aromatic nitrogens is 1. The molecule has 0 saturated carbocycles. The van der Waals surface area contributed by atoms with E-state index in [4.69, 9.17) is 4.74 Å². The number of rotatable bonds is 15. The van der Waals surface area contributed by atoms with E-state index in [-0.39, 0.29) is 47.9 Å². The van der Waals surface area contributed by atoms with Crippen LogP contribution in [0, 0.1) is 5.92 Å². The lowest BCUT2D eigenvalue weighted by atomic mass is 9.72. The molecule has 13 nitrogen and oxygen atoms in total. The lowest BCUT2D eigenvalue weighted by Gasteiger charge is -2.46. The molecule has 4 fully saturated rings. The molecule has 3 atom stereocenters. The van der Waals surface area contributed by atoms with Crippen LogP contribution in [0.4, 0.5) is 0 Å². The van der Waals surface area contributed by atoms with Gasteiger partial charge in [0.2, 0.25) is 16.8 Å². The Hall–Kier alpha value is -5.22. The van der Waals surface area contributed by atoms with Gasteiger partial charge in [-0.15, -0.1) is 0 Å². The van der Waals surface area contributed by atoms with Crippen LogP contribution in [0.15, 0.2) is 108 Å². The molecular formula is C47H53N5O8S. The molecule has 1 amide bonds. The van der Waals surface area contributed by atoms with Crippen molar-refractivity contribution in [1.29, 1.82) is 0 Å². The van der Waals surface area contributed by atoms with Crippen LogP contribution in [-0.2, 0) is 45.7 Å². The predicted molar refractivity (Wildman–Crippen MR) is 233 cm³/mol. The number of aliphatic hydroxyl groups excluding tert-OH is 1. The Morgan fingerprint density at radius 3 is 2.25 bits per heavy atom. The van der Waals surface area contributed by atoms with Crippen LogP contribution in [0.3, 0.4) is 0 Å². The molecule has 9 rings (SSSR count). The van der Waals surface area contributed by atoms with E-state index in [1.165, 1.54) is 16.4 Å². The van der Waals surface area contributed by atoms with E-state index in [9.17, 15) is 33.4 Å². The van der Waals surface area contributed by atoms with Crippen LogP contribution in [0.5, 0.6) is 5.75 Å². The van der Waals surface area contributed by atoms with Gasteiger partial charge < -0.3 is 30.2 Å². The number of nitrogens with one attached hydrogen (secondary N) is 2. The number of phenols is 1. The molecule has 4 aliphatic heterocycles. The maximum Gasteiger partial charge on any atom is 0.317 e. The molecule has 0 spiro atoms. The Bertz CT molecular complexity index is 2390. The summed E-state index contributed by atoms with van der Waals surface area (Å²) in [5.41, 5.74) is 3.98. The standard InChI is InChI=1S/C47H53N5O8S/c53-40-16-14-38(39-15-17-43(55)49-44(39)40)41(54)29-48-28-33-8-6-32(7-9-33)18-25-52(61(58)59)30-34-10-12-36(13-11-34)45(56)51-26-21-47(22-27-51,37-4-2-1-3-5-37)46(57)60-42-31-50-23-19-35(42)20-24-50/h1-17,35,41-42,48,53-54H,18-31H2,(H,49,55)(H,58,59)/t41-,42-/m0/s1. The fourth-order valence-corrected chi connectivity index (χ4v) is 9.70. The fraction of sp³-hybridized carbons (Fsp3) is 0.383. The number of aliphatic hydroxyl groups is 1. The van der Waals surface area contributed by atoms with Crippen molar-refractivity contribution in [2.75, 3.05) is 45.8 Å². The highest BCUT2D eigenvalue weighted by Gasteiger charge is 2.47. The summed E-state index contributed by atoms with van der Waals surface area (Å²) in [4.78, 5) is 46.3. The lowest BCUT2D eigenvalue weighted by Crippen LogP contribution is -2.55. The number of aromatic amines is 1. The summed E-state index contributed by atoms with van der Waals surface area (Å²) >= 11 is -2.21. The number of piperidine rings is 4. The molecule has 0 radical (unpaired) electrons. The normalized spacial score (nSPS) is 20.7. The highest BCUT2D eigenvalue weighted by Crippen LogP contribution is 2.39. The van der Waals surface area contributed by atoms with Crippen molar-refractivity contribution in [2.24, 2.45) is 5.92 Å². The van der Waals surface area contributed by atoms with Crippen molar-refractivity contribution >= 4 is 34.0 Å². The van der Waals surface area contributed by atoms with Crippen molar-refractivity contribution < 1.29 is 33.3 Å². The SMILES string of the molecule is O=C(c1ccc(CN(CCc2ccc(CNC[C@H](O)c3ccc(O)c4[nH]c(=O)ccc34)cc2)S(=O)O)cc1)N1CCC(C(=O)O[C@H]2CN3CCC2CC3)(c2ccccc2)CC1. The number of pyridine rings is 1. The van der Waals surface area contributed by atoms with Gasteiger partial charge in [-0.3, -0.25) is 23.8 Å². The van der Waals surface area contributed by atoms with Gasteiger partial charge in [-0.05, 0) is 103 Å². The summed E-state index contributed by atoms with van der Waals surface area (Å²) in [6, 6.07) is 30.9. The average molecular weight is 848 g/mol. The maximum absolute atomic E-state index is 14.1. The second-order valence-corrected chi connectivity index (χ2v) is 17.6. The van der Waals surface area contributed by atoms with Crippen molar-refractivity contribution in [1.82, 2.24) is 24.4 Å². The molecule has 320 valence electrons. The molecule has 4 aliphatic rings. The van der Waals surface area contributed by atoms with Gasteiger partial charge in [0, 0.05) is 62.8 Å². The second kappa shape index (κ2) is 18.8. The van der Waals surface area contributed by atoms with Crippen LogP contribution in [0.25, 0.3) is 10.9 Å². The molecule has 61 heavy (non-hydrogen) atoms. The Labute approximate surface area is 357 Å². The smallest absolute Gasteiger partial charge is 0.317 e. The zero-order chi connectivity index (χ0) is 42.5. The molecule has 1 aromatic heterocycles. The van der Waals surface area contributed by atoms with Gasteiger partial charge >= 0.3 is 5.97 Å². The number of phenolic OH excluding ortho intramolecular Hbond substituents is 1. The summed E-state index contributed by atoms with van der Waals surface area (Å²) in [6.45, 7) is 5.08. The fourth-order valence-electron chi connectivity index (χ4n) is 9.20. The van der Waals surface area contributed by atoms with Gasteiger partial charge in [0.25, 0.3) is 5.91 Å². The highest BCUT2D eigenvalue weighted by molar-refractivity contribution is 7.76. The van der Waals surface area contributed by atoms with E-state index < -0.39 is 22.8 Å². The Kier molecular flexibility index (Phi) is 13.1. The maximum atomic E-state index is 14.1. The van der Waals surface area contributed by atoms with Gasteiger partial charge in [-0.1, -0.05) is 72.8 Å². The van der Waals surface area contributed by atoms with Crippen molar-refractivity contribution in [3.63, 3.8) is 0 Å². The number of H-pyrrole nitrogens is 1. The van der Waals surface area contributed by atoms with Gasteiger partial charge in [0.1, 0.15) is 11.9 Å². The number of fused-ring (bicyclic) bond motifs is 4. The highest BCUT2D eigenvalue weighted by atomic mass is 32.2. The third-order valence-corrected chi connectivity index (χ3v) is 13.6. The van der Waals surface area contributed by atoms with E-state index >= 15 is 0 Å². The number of benzene rings is 4. The number of nitrogens with zero attached hydrogens (tertiary/aromatic N) is 3. The molecule has 1 unspecified atom stereocenters. The number of ether oxygens (including phenoxy) is 1. The number of carbonyl (C=O) groups excluding carboxylic acids is 2. The molecule has 14 heteroatoms. The van der Waals surface area contributed by atoms with Crippen molar-refractivity contribution in [3.8, 4) is 5.75 Å². The van der Waals surface area contributed by atoms with Crippen molar-refractivity contribution in [3.05, 3.63) is 147 Å². The first-order valence-corrected chi connectivity index (χ1v) is 22.2. The van der Waals surface area contributed by atoms with E-state index in [1.54, 1.807) is 24.3 Å². The zero-order valence-corrected chi connectivity index (χ0v) is 34.9. The number of esters is 1. The average Bonchev–Trinajstić information content (AvgIpc) is 3.29. The zero-order valence-electron chi connectivity index (χ0n) is 34.1. The number of hydrogen-bond donors (Lipinski definition) is 5. The quantitative estimate of drug-likeness (QED) is 0.0709. The number of hydrogen-bond acceptors (Lipinski definition) is 9. The minimum Gasteiger partial charge on any atom is -0.506 e. The van der Waals surface area contributed by atoms with E-state index in [1.807, 2.05) is 71.6 Å². The van der Waals surface area contributed by atoms with Crippen LogP contribution in [-0.4, -0.2) is 102 Å². The molecular weight excluding hydrogens is 795 g/mol. The first-order valence-electron chi connectivity index (χ1n) is 21.1. The minimum absolute atomic E-state index is 0.0612. The molecule has 5 N–H and O–H groups in total. The first kappa shape index (κ1) is 42.5. The monoisotopic (exact) mass is 847 g/mol. The summed E-state index contributed by atoms with van der Waals surface area (Å²) in [5.74, 6) is 0.0618. The molecule has 5 heterocycles. The minimum atomic E-state index is -2.21. The Morgan fingerprint density at radius 1 is 0.885 bits per heavy atom. The Balaban J connectivity index is 0.815. The molecule has 0 aliphatic carbocycles. The van der Waals surface area contributed by atoms with E-state index in [0.717, 1.165) is 54.7 Å². The van der Waals surface area contributed by atoms with Crippen LogP contribution < -0.4 is 10.9 Å². The van der Waals surface area contributed by atoms with Gasteiger partial charge in [-0.25, -0.2) is 4.21 Å². The summed E-state index contributed by atoms with van der Waals surface area (Å²) < 4.78 is 30.3. The third-order valence-electron chi connectivity index (χ3n) is 12.9. The first-order chi connectivity index (χ1) is 29.6. The topological polar surface area (TPSA) is 176 Å². The van der Waals surface area contributed by atoms with Crippen LogP contribution in [0.2, 0.25) is 0 Å². The van der Waals surface area contributed by atoms with Gasteiger partial charge in [0.15, 0.2) is 0 Å².